The van der Waals surface area contributed by atoms with Crippen LogP contribution in [0.15, 0.2) is 24.3 Å². The van der Waals surface area contributed by atoms with Crippen molar-refractivity contribution in [1.29, 1.82) is 0 Å². The molecule has 5 heteroatoms. The van der Waals surface area contributed by atoms with Crippen LogP contribution in [-0.2, 0) is 9.59 Å². The molecule has 0 aliphatic rings. The van der Waals surface area contributed by atoms with Crippen LogP contribution in [0.5, 0.6) is 0 Å². The van der Waals surface area contributed by atoms with Crippen molar-refractivity contribution in [2.24, 2.45) is 0 Å². The van der Waals surface area contributed by atoms with Crippen LogP contribution >= 0.6 is 11.6 Å². The minimum absolute atomic E-state index is 0.0547. The van der Waals surface area contributed by atoms with E-state index in [4.69, 9.17) is 16.7 Å². The molecule has 0 unspecified atom stereocenters. The topological polar surface area (TPSA) is 71.4 Å². The molecule has 0 fully saturated rings. The van der Waals surface area contributed by atoms with Crippen molar-refractivity contribution in [3.63, 3.8) is 0 Å². The normalized spacial score (nSPS) is 10.1. The van der Waals surface area contributed by atoms with Crippen molar-refractivity contribution >= 4 is 29.1 Å². The third-order valence-corrected chi connectivity index (χ3v) is 2.62. The van der Waals surface area contributed by atoms with E-state index in [-0.39, 0.29) is 37.2 Å². The first-order chi connectivity index (χ1) is 8.49. The van der Waals surface area contributed by atoms with Crippen molar-refractivity contribution in [2.75, 3.05) is 0 Å². The third kappa shape index (κ3) is 5.10. The average Bonchev–Trinajstić information content (AvgIpc) is 2.29. The van der Waals surface area contributed by atoms with Gasteiger partial charge >= 0.3 is 5.97 Å². The van der Waals surface area contributed by atoms with Gasteiger partial charge in [-0.05, 0) is 30.7 Å². The quantitative estimate of drug-likeness (QED) is 0.610. The predicted octanol–water partition coefficient (Wildman–Crippen LogP) is 2.74. The molecule has 0 aromatic heterocycles. The molecule has 18 heavy (non-hydrogen) atoms. The van der Waals surface area contributed by atoms with Crippen molar-refractivity contribution in [2.45, 2.75) is 25.7 Å². The maximum atomic E-state index is 11.7. The molecule has 0 amide bonds. The monoisotopic (exact) mass is 268 g/mol. The highest BCUT2D eigenvalue weighted by molar-refractivity contribution is 6.30. The molecule has 0 aliphatic heterocycles. The van der Waals surface area contributed by atoms with Crippen molar-refractivity contribution < 1.29 is 19.5 Å². The number of carboxylic acid groups (broad SMARTS) is 1. The molecule has 0 radical (unpaired) electrons. The van der Waals surface area contributed by atoms with E-state index in [2.05, 4.69) is 0 Å². The summed E-state index contributed by atoms with van der Waals surface area (Å²) >= 11 is 5.69. The minimum atomic E-state index is -0.938. The number of halogens is 1. The van der Waals surface area contributed by atoms with Crippen LogP contribution in [0.1, 0.15) is 36.0 Å². The molecule has 1 aromatic rings. The summed E-state index contributed by atoms with van der Waals surface area (Å²) in [7, 11) is 0. The lowest BCUT2D eigenvalue weighted by Gasteiger charge is -2.01. The Hall–Kier alpha value is -1.68. The number of rotatable bonds is 7. The summed E-state index contributed by atoms with van der Waals surface area (Å²) < 4.78 is 0. The number of carbonyl (C=O) groups is 3. The number of aliphatic carboxylic acids is 1. The van der Waals surface area contributed by atoms with Gasteiger partial charge in [0.1, 0.15) is 5.78 Å². The summed E-state index contributed by atoms with van der Waals surface area (Å²) in [6.07, 6.45) is 0.135. The van der Waals surface area contributed by atoms with Crippen molar-refractivity contribution in [3.05, 3.63) is 34.9 Å². The Morgan fingerprint density at radius 2 is 1.67 bits per heavy atom. The highest BCUT2D eigenvalue weighted by Gasteiger charge is 2.12. The fourth-order valence-corrected chi connectivity index (χ4v) is 1.57. The zero-order valence-electron chi connectivity index (χ0n) is 9.69. The smallest absolute Gasteiger partial charge is 0.303 e. The van der Waals surface area contributed by atoms with Crippen LogP contribution in [0.3, 0.4) is 0 Å². The van der Waals surface area contributed by atoms with Crippen LogP contribution in [-0.4, -0.2) is 22.6 Å². The molecular formula is C13H13ClO4. The van der Waals surface area contributed by atoms with Gasteiger partial charge in [0.25, 0.3) is 0 Å². The van der Waals surface area contributed by atoms with Gasteiger partial charge < -0.3 is 5.11 Å². The van der Waals surface area contributed by atoms with Crippen LogP contribution in [0.25, 0.3) is 0 Å². The number of ketones is 2. The third-order valence-electron chi connectivity index (χ3n) is 2.37. The van der Waals surface area contributed by atoms with Gasteiger partial charge in [0.2, 0.25) is 0 Å². The van der Waals surface area contributed by atoms with Crippen LogP contribution < -0.4 is 0 Å². The van der Waals surface area contributed by atoms with Gasteiger partial charge in [0.15, 0.2) is 5.78 Å². The first-order valence-electron chi connectivity index (χ1n) is 5.51. The molecular weight excluding hydrogens is 256 g/mol. The number of hydrogen-bond donors (Lipinski definition) is 1. The van der Waals surface area contributed by atoms with Gasteiger partial charge in [-0.15, -0.1) is 0 Å². The van der Waals surface area contributed by atoms with Gasteiger partial charge in [-0.1, -0.05) is 11.6 Å². The Morgan fingerprint density at radius 1 is 1.06 bits per heavy atom. The lowest BCUT2D eigenvalue weighted by atomic mass is 10.0. The van der Waals surface area contributed by atoms with Crippen LogP contribution in [0, 0.1) is 0 Å². The summed E-state index contributed by atoms with van der Waals surface area (Å²) in [5.41, 5.74) is 0.436. The van der Waals surface area contributed by atoms with Gasteiger partial charge in [0, 0.05) is 23.4 Å². The predicted molar refractivity (Wildman–Crippen MR) is 66.9 cm³/mol. The van der Waals surface area contributed by atoms with E-state index < -0.39 is 5.97 Å². The summed E-state index contributed by atoms with van der Waals surface area (Å²) in [5.74, 6) is -1.45. The van der Waals surface area contributed by atoms with Crippen molar-refractivity contribution in [1.82, 2.24) is 0 Å². The maximum absolute atomic E-state index is 11.7. The summed E-state index contributed by atoms with van der Waals surface area (Å²) in [6, 6.07) is 6.30. The van der Waals surface area contributed by atoms with E-state index in [1.807, 2.05) is 0 Å². The first kappa shape index (κ1) is 14.4. The lowest BCUT2D eigenvalue weighted by molar-refractivity contribution is -0.137. The summed E-state index contributed by atoms with van der Waals surface area (Å²) in [4.78, 5) is 33.4. The van der Waals surface area contributed by atoms with E-state index in [9.17, 15) is 14.4 Å². The molecule has 1 aromatic carbocycles. The molecule has 0 atom stereocenters. The Kier molecular flexibility index (Phi) is 5.52. The Bertz CT molecular complexity index is 451. The van der Waals surface area contributed by atoms with Gasteiger partial charge in [-0.25, -0.2) is 0 Å². The second-order valence-electron chi connectivity index (χ2n) is 3.89. The zero-order chi connectivity index (χ0) is 13.5. The fraction of sp³-hybridized carbons (Fsp3) is 0.308. The molecule has 0 aliphatic carbocycles. The molecule has 0 saturated heterocycles. The SMILES string of the molecule is O=C(O)CCCC(=O)CC(=O)c1ccc(Cl)cc1. The molecule has 1 N–H and O–H groups in total. The number of carboxylic acids is 1. The first-order valence-corrected chi connectivity index (χ1v) is 5.89. The van der Waals surface area contributed by atoms with E-state index in [1.165, 1.54) is 0 Å². The minimum Gasteiger partial charge on any atom is -0.481 e. The molecule has 96 valence electrons. The second kappa shape index (κ2) is 6.91. The van der Waals surface area contributed by atoms with Gasteiger partial charge in [-0.2, -0.15) is 0 Å². The summed E-state index contributed by atoms with van der Waals surface area (Å²) in [5, 5.41) is 8.95. The zero-order valence-corrected chi connectivity index (χ0v) is 10.4. The maximum Gasteiger partial charge on any atom is 0.303 e. The van der Waals surface area contributed by atoms with E-state index >= 15 is 0 Å². The van der Waals surface area contributed by atoms with Gasteiger partial charge in [0.05, 0.1) is 6.42 Å². The van der Waals surface area contributed by atoms with E-state index in [1.54, 1.807) is 24.3 Å². The number of benzene rings is 1. The lowest BCUT2D eigenvalue weighted by Crippen LogP contribution is -2.08. The Morgan fingerprint density at radius 3 is 2.22 bits per heavy atom. The van der Waals surface area contributed by atoms with Crippen LogP contribution in [0.2, 0.25) is 5.02 Å². The fourth-order valence-electron chi connectivity index (χ4n) is 1.44. The molecule has 0 spiro atoms. The highest BCUT2D eigenvalue weighted by atomic mass is 35.5. The Balaban J connectivity index is 2.42. The number of hydrogen-bond acceptors (Lipinski definition) is 3. The summed E-state index contributed by atoms with van der Waals surface area (Å²) in [6.45, 7) is 0. The molecule has 0 saturated carbocycles. The number of carbonyl (C=O) groups excluding carboxylic acids is 2. The standard InChI is InChI=1S/C13H13ClO4/c14-10-6-4-9(5-7-10)12(16)8-11(15)2-1-3-13(17)18/h4-7H,1-3,8H2,(H,17,18). The molecule has 1 rings (SSSR count). The van der Waals surface area contributed by atoms with Crippen molar-refractivity contribution in [3.8, 4) is 0 Å². The largest absolute Gasteiger partial charge is 0.481 e. The highest BCUT2D eigenvalue weighted by Crippen LogP contribution is 2.12. The second-order valence-corrected chi connectivity index (χ2v) is 4.33. The van der Waals surface area contributed by atoms with Gasteiger partial charge in [-0.3, -0.25) is 14.4 Å². The van der Waals surface area contributed by atoms with E-state index in [0.717, 1.165) is 0 Å². The molecule has 0 heterocycles. The van der Waals surface area contributed by atoms with E-state index in [0.29, 0.717) is 10.6 Å². The average molecular weight is 269 g/mol. The number of Topliss-reactive ketones (excluding diaryl/α,β-unsaturated/α-hetero) is 2. The Labute approximate surface area is 110 Å². The molecule has 0 bridgehead atoms. The molecule has 4 nitrogen and oxygen atoms in total. The van der Waals surface area contributed by atoms with Crippen LogP contribution in [0.4, 0.5) is 0 Å².